The van der Waals surface area contributed by atoms with Crippen molar-refractivity contribution in [1.82, 2.24) is 4.90 Å². The second-order valence-corrected chi connectivity index (χ2v) is 5.48. The van der Waals surface area contributed by atoms with Crippen molar-refractivity contribution in [3.8, 4) is 6.07 Å². The Balaban J connectivity index is 2.10. The molecule has 0 N–H and O–H groups in total. The highest BCUT2D eigenvalue weighted by atomic mass is 19.1. The maximum absolute atomic E-state index is 13.3. The Morgan fingerprint density at radius 3 is 2.70 bits per heavy atom. The summed E-state index contributed by atoms with van der Waals surface area (Å²) in [5, 5.41) is 20.0. The molecule has 1 saturated heterocycles. The van der Waals surface area contributed by atoms with Gasteiger partial charge in [-0.2, -0.15) is 5.26 Å². The van der Waals surface area contributed by atoms with E-state index in [1.54, 1.807) is 0 Å². The van der Waals surface area contributed by atoms with Gasteiger partial charge in [-0.3, -0.25) is 15.0 Å². The summed E-state index contributed by atoms with van der Waals surface area (Å²) in [4.78, 5) is 12.5. The van der Waals surface area contributed by atoms with Gasteiger partial charge in [0.05, 0.1) is 16.4 Å². The number of benzene rings is 1. The lowest BCUT2D eigenvalue weighted by Crippen LogP contribution is -2.37. The number of likely N-dealkylation sites (tertiary alicyclic amines) is 1. The normalized spacial score (nSPS) is 18.4. The molecule has 20 heavy (non-hydrogen) atoms. The molecule has 1 aliphatic rings. The molecule has 1 aliphatic heterocycles. The van der Waals surface area contributed by atoms with E-state index in [4.69, 9.17) is 5.26 Å². The summed E-state index contributed by atoms with van der Waals surface area (Å²) in [7, 11) is 0. The molecule has 1 aromatic rings. The topological polar surface area (TPSA) is 70.2 Å². The summed E-state index contributed by atoms with van der Waals surface area (Å²) < 4.78 is 13.3. The van der Waals surface area contributed by atoms with Crippen LogP contribution in [0.15, 0.2) is 18.2 Å². The van der Waals surface area contributed by atoms with Crippen LogP contribution in [0.5, 0.6) is 0 Å². The maximum Gasteiger partial charge on any atom is 0.274 e. The fraction of sp³-hybridized carbons (Fsp3) is 0.500. The zero-order valence-electron chi connectivity index (χ0n) is 11.3. The summed E-state index contributed by atoms with van der Waals surface area (Å²) in [5.41, 5.74) is 0.0141. The first kappa shape index (κ1) is 14.4. The average molecular weight is 277 g/mol. The summed E-state index contributed by atoms with van der Waals surface area (Å²) >= 11 is 0. The number of nitriles is 1. The van der Waals surface area contributed by atoms with Gasteiger partial charge in [0, 0.05) is 31.3 Å². The van der Waals surface area contributed by atoms with Gasteiger partial charge in [0.25, 0.3) is 5.69 Å². The first-order valence-corrected chi connectivity index (χ1v) is 6.50. The third-order valence-corrected chi connectivity index (χ3v) is 3.86. The van der Waals surface area contributed by atoms with Gasteiger partial charge in [-0.1, -0.05) is 0 Å². The number of hydrogen-bond acceptors (Lipinski definition) is 4. The fourth-order valence-corrected chi connectivity index (χ4v) is 2.42. The molecule has 106 valence electrons. The molecule has 6 heteroatoms. The van der Waals surface area contributed by atoms with Gasteiger partial charge in [-0.15, -0.1) is 0 Å². The van der Waals surface area contributed by atoms with E-state index >= 15 is 0 Å². The lowest BCUT2D eigenvalue weighted by Gasteiger charge is -2.34. The molecule has 0 saturated carbocycles. The predicted octanol–water partition coefficient (Wildman–Crippen LogP) is 2.86. The van der Waals surface area contributed by atoms with Crippen LogP contribution in [-0.4, -0.2) is 22.9 Å². The molecule has 0 spiro atoms. The molecule has 2 rings (SSSR count). The van der Waals surface area contributed by atoms with Gasteiger partial charge < -0.3 is 0 Å². The van der Waals surface area contributed by atoms with Crippen LogP contribution in [0, 0.1) is 32.7 Å². The van der Waals surface area contributed by atoms with Gasteiger partial charge in [-0.05, 0) is 31.9 Å². The van der Waals surface area contributed by atoms with E-state index in [0.717, 1.165) is 18.9 Å². The number of piperidine rings is 1. The summed E-state index contributed by atoms with van der Waals surface area (Å²) in [6.07, 6.45) is 1.46. The molecular weight excluding hydrogens is 261 g/mol. The van der Waals surface area contributed by atoms with Crippen LogP contribution >= 0.6 is 0 Å². The third kappa shape index (κ3) is 3.11. The Kier molecular flexibility index (Phi) is 4.00. The van der Waals surface area contributed by atoms with Crippen molar-refractivity contribution in [2.45, 2.75) is 26.3 Å². The minimum Gasteiger partial charge on any atom is -0.299 e. The Hall–Kier alpha value is -2.00. The lowest BCUT2D eigenvalue weighted by atomic mass is 9.82. The third-order valence-electron chi connectivity index (χ3n) is 3.86. The van der Waals surface area contributed by atoms with Crippen molar-refractivity contribution in [3.05, 3.63) is 39.7 Å². The van der Waals surface area contributed by atoms with Crippen LogP contribution in [0.1, 0.15) is 25.3 Å². The van der Waals surface area contributed by atoms with Crippen molar-refractivity contribution >= 4 is 5.69 Å². The van der Waals surface area contributed by atoms with E-state index in [1.807, 2.05) is 11.8 Å². The lowest BCUT2D eigenvalue weighted by molar-refractivity contribution is -0.385. The molecule has 0 aliphatic carbocycles. The molecule has 0 aromatic heterocycles. The average Bonchev–Trinajstić information content (AvgIpc) is 2.41. The fourth-order valence-electron chi connectivity index (χ4n) is 2.42. The Bertz CT molecular complexity index is 560. The highest BCUT2D eigenvalue weighted by molar-refractivity contribution is 5.40. The van der Waals surface area contributed by atoms with Gasteiger partial charge in [-0.25, -0.2) is 4.39 Å². The first-order chi connectivity index (χ1) is 9.43. The quantitative estimate of drug-likeness (QED) is 0.629. The number of nitrogens with zero attached hydrogens (tertiary/aromatic N) is 3. The second kappa shape index (κ2) is 5.55. The largest absolute Gasteiger partial charge is 0.299 e. The summed E-state index contributed by atoms with van der Waals surface area (Å²) in [5.74, 6) is -0.468. The zero-order chi connectivity index (χ0) is 14.8. The highest BCUT2D eigenvalue weighted by Crippen LogP contribution is 2.31. The van der Waals surface area contributed by atoms with E-state index < -0.39 is 10.7 Å². The van der Waals surface area contributed by atoms with Crippen LogP contribution in [-0.2, 0) is 6.54 Å². The molecule has 1 aromatic carbocycles. The number of rotatable bonds is 3. The summed E-state index contributed by atoms with van der Waals surface area (Å²) in [6.45, 7) is 3.65. The number of hydrogen-bond donors (Lipinski definition) is 0. The van der Waals surface area contributed by atoms with Crippen LogP contribution in [0.25, 0.3) is 0 Å². The predicted molar refractivity (Wildman–Crippen MR) is 71.3 cm³/mol. The van der Waals surface area contributed by atoms with E-state index in [-0.39, 0.29) is 11.1 Å². The van der Waals surface area contributed by atoms with Crippen molar-refractivity contribution in [2.75, 3.05) is 13.1 Å². The van der Waals surface area contributed by atoms with Crippen LogP contribution in [0.3, 0.4) is 0 Å². The van der Waals surface area contributed by atoms with Crippen molar-refractivity contribution < 1.29 is 9.31 Å². The maximum atomic E-state index is 13.3. The summed E-state index contributed by atoms with van der Waals surface area (Å²) in [6, 6.07) is 5.83. The van der Waals surface area contributed by atoms with Gasteiger partial charge >= 0.3 is 0 Å². The monoisotopic (exact) mass is 277 g/mol. The zero-order valence-corrected chi connectivity index (χ0v) is 11.3. The molecule has 5 nitrogen and oxygen atoms in total. The molecule has 1 heterocycles. The van der Waals surface area contributed by atoms with Crippen molar-refractivity contribution in [1.29, 1.82) is 5.26 Å². The second-order valence-electron chi connectivity index (χ2n) is 5.48. The molecular formula is C14H16FN3O2. The Labute approximate surface area is 116 Å². The Morgan fingerprint density at radius 1 is 1.50 bits per heavy atom. The number of nitro benzene ring substituents is 1. The standard InChI is InChI=1S/C14H16FN3O2/c1-14(10-16)4-6-17(7-5-14)9-11-8-12(15)2-3-13(11)18(19)20/h2-3,8H,4-7,9H2,1H3. The first-order valence-electron chi connectivity index (χ1n) is 6.50. The van der Waals surface area contributed by atoms with Gasteiger partial charge in [0.2, 0.25) is 0 Å². The van der Waals surface area contributed by atoms with Crippen LogP contribution in [0.2, 0.25) is 0 Å². The molecule has 1 fully saturated rings. The van der Waals surface area contributed by atoms with Gasteiger partial charge in [0.1, 0.15) is 5.82 Å². The molecule has 0 amide bonds. The van der Waals surface area contributed by atoms with Crippen molar-refractivity contribution in [2.24, 2.45) is 5.41 Å². The van der Waals surface area contributed by atoms with E-state index in [2.05, 4.69) is 6.07 Å². The number of halogens is 1. The smallest absolute Gasteiger partial charge is 0.274 e. The highest BCUT2D eigenvalue weighted by Gasteiger charge is 2.30. The van der Waals surface area contributed by atoms with E-state index in [0.29, 0.717) is 25.2 Å². The van der Waals surface area contributed by atoms with Gasteiger partial charge in [0.15, 0.2) is 0 Å². The Morgan fingerprint density at radius 2 is 2.15 bits per heavy atom. The minimum atomic E-state index is -0.488. The van der Waals surface area contributed by atoms with Crippen LogP contribution < -0.4 is 0 Å². The van der Waals surface area contributed by atoms with Crippen LogP contribution in [0.4, 0.5) is 10.1 Å². The molecule has 0 unspecified atom stereocenters. The van der Waals surface area contributed by atoms with E-state index in [1.165, 1.54) is 12.1 Å². The van der Waals surface area contributed by atoms with E-state index in [9.17, 15) is 14.5 Å². The molecule has 0 radical (unpaired) electrons. The molecule has 0 bridgehead atoms. The minimum absolute atomic E-state index is 0.0555. The van der Waals surface area contributed by atoms with Crippen molar-refractivity contribution in [3.63, 3.8) is 0 Å². The number of nitro groups is 1. The molecule has 0 atom stereocenters. The SMILES string of the molecule is CC1(C#N)CCN(Cc2cc(F)ccc2[N+](=O)[O-])CC1.